The van der Waals surface area contributed by atoms with E-state index in [-0.39, 0.29) is 5.56 Å². The van der Waals surface area contributed by atoms with Crippen molar-refractivity contribution in [3.05, 3.63) is 56.0 Å². The minimum absolute atomic E-state index is 0.258. The number of rotatable bonds is 8. The van der Waals surface area contributed by atoms with Gasteiger partial charge in [-0.2, -0.15) is 0 Å². The van der Waals surface area contributed by atoms with Crippen LogP contribution in [0.15, 0.2) is 34.8 Å². The molecule has 0 aromatic heterocycles. The van der Waals surface area contributed by atoms with E-state index in [9.17, 15) is 9.90 Å². The number of ether oxygens (including phenoxy) is 1. The third-order valence-electron chi connectivity index (χ3n) is 3.51. The number of hydrogen-bond donors (Lipinski definition) is 2. The highest BCUT2D eigenvalue weighted by Gasteiger charge is 2.13. The Bertz CT molecular complexity index is 768. The Hall–Kier alpha value is -1.43. The number of hydrogen-bond acceptors (Lipinski definition) is 3. The predicted octanol–water partition coefficient (Wildman–Crippen LogP) is 6.03. The van der Waals surface area contributed by atoms with Crippen molar-refractivity contribution in [2.75, 3.05) is 18.5 Å². The molecule has 134 valence electrons. The highest BCUT2D eigenvalue weighted by Crippen LogP contribution is 2.31. The van der Waals surface area contributed by atoms with Gasteiger partial charge in [0.2, 0.25) is 0 Å². The van der Waals surface area contributed by atoms with E-state index >= 15 is 0 Å². The summed E-state index contributed by atoms with van der Waals surface area (Å²) in [5.74, 6) is -0.387. The number of unbranched alkanes of at least 4 members (excludes halogenated alkanes) is 1. The maximum absolute atomic E-state index is 11.4. The van der Waals surface area contributed by atoms with E-state index < -0.39 is 5.97 Å². The summed E-state index contributed by atoms with van der Waals surface area (Å²) in [7, 11) is 0. The first-order valence-electron chi connectivity index (χ1n) is 7.74. The molecule has 0 saturated heterocycles. The Kier molecular flexibility index (Phi) is 7.41. The summed E-state index contributed by atoms with van der Waals surface area (Å²) in [6.45, 7) is 3.00. The lowest BCUT2D eigenvalue weighted by atomic mass is 10.1. The molecule has 0 atom stereocenters. The lowest BCUT2D eigenvalue weighted by Gasteiger charge is -2.13. The molecule has 0 bridgehead atoms. The molecule has 25 heavy (non-hydrogen) atoms. The van der Waals surface area contributed by atoms with Crippen LogP contribution in [0.4, 0.5) is 5.69 Å². The maximum Gasteiger partial charge on any atom is 0.337 e. The average Bonchev–Trinajstić information content (AvgIpc) is 2.55. The number of aryl methyl sites for hydroxylation is 1. The zero-order chi connectivity index (χ0) is 18.4. The van der Waals surface area contributed by atoms with E-state index in [2.05, 4.69) is 21.2 Å². The smallest absolute Gasteiger partial charge is 0.337 e. The van der Waals surface area contributed by atoms with Crippen LogP contribution in [0.2, 0.25) is 10.0 Å². The molecule has 2 aromatic rings. The zero-order valence-electron chi connectivity index (χ0n) is 13.6. The van der Waals surface area contributed by atoms with Crippen LogP contribution in [-0.2, 0) is 0 Å². The molecule has 0 amide bonds. The summed E-state index contributed by atoms with van der Waals surface area (Å²) in [4.78, 5) is 11.4. The minimum Gasteiger partial charge on any atom is -0.492 e. The van der Waals surface area contributed by atoms with Crippen LogP contribution in [0.5, 0.6) is 5.75 Å². The van der Waals surface area contributed by atoms with Gasteiger partial charge < -0.3 is 15.2 Å². The normalized spacial score (nSPS) is 10.6. The third kappa shape index (κ3) is 5.53. The molecule has 7 heteroatoms. The second-order valence-electron chi connectivity index (χ2n) is 5.51. The SMILES string of the molecule is Cc1cc(Br)c(NCCCCOc2cccc(Cl)c2Cl)c(C(=O)O)c1. The molecular formula is C18H18BrCl2NO3. The summed E-state index contributed by atoms with van der Waals surface area (Å²) in [6.07, 6.45) is 1.61. The van der Waals surface area contributed by atoms with Gasteiger partial charge in [0.25, 0.3) is 0 Å². The van der Waals surface area contributed by atoms with Crippen molar-refractivity contribution < 1.29 is 14.6 Å². The molecule has 0 saturated carbocycles. The monoisotopic (exact) mass is 445 g/mol. The van der Waals surface area contributed by atoms with Crippen molar-refractivity contribution in [1.82, 2.24) is 0 Å². The fraction of sp³-hybridized carbons (Fsp3) is 0.278. The highest BCUT2D eigenvalue weighted by atomic mass is 79.9. The van der Waals surface area contributed by atoms with Gasteiger partial charge in [0.15, 0.2) is 0 Å². The summed E-state index contributed by atoms with van der Waals surface area (Å²) in [6, 6.07) is 8.81. The highest BCUT2D eigenvalue weighted by molar-refractivity contribution is 9.10. The van der Waals surface area contributed by atoms with Crippen LogP contribution in [0.3, 0.4) is 0 Å². The quantitative estimate of drug-likeness (QED) is 0.485. The van der Waals surface area contributed by atoms with E-state index in [4.69, 9.17) is 27.9 Å². The lowest BCUT2D eigenvalue weighted by molar-refractivity contribution is 0.0697. The van der Waals surface area contributed by atoms with Gasteiger partial charge in [-0.25, -0.2) is 4.79 Å². The molecule has 2 aromatic carbocycles. The predicted molar refractivity (Wildman–Crippen MR) is 106 cm³/mol. The van der Waals surface area contributed by atoms with Crippen molar-refractivity contribution in [2.24, 2.45) is 0 Å². The number of aromatic carboxylic acids is 1. The Morgan fingerprint density at radius 1 is 1.28 bits per heavy atom. The summed E-state index contributed by atoms with van der Waals surface area (Å²) >= 11 is 15.4. The fourth-order valence-corrected chi connectivity index (χ4v) is 3.37. The lowest BCUT2D eigenvalue weighted by Crippen LogP contribution is -2.10. The van der Waals surface area contributed by atoms with Gasteiger partial charge >= 0.3 is 5.97 Å². The van der Waals surface area contributed by atoms with Crippen LogP contribution < -0.4 is 10.1 Å². The molecule has 0 spiro atoms. The Labute approximate surface area is 165 Å². The average molecular weight is 447 g/mol. The molecule has 4 nitrogen and oxygen atoms in total. The fourth-order valence-electron chi connectivity index (χ4n) is 2.31. The van der Waals surface area contributed by atoms with Crippen LogP contribution in [-0.4, -0.2) is 24.2 Å². The first-order chi connectivity index (χ1) is 11.9. The standard InChI is InChI=1S/C18H18BrCl2NO3/c1-11-9-12(18(23)24)17(13(19)10-11)22-7-2-3-8-25-15-6-4-5-14(20)16(15)21/h4-6,9-10,22H,2-3,7-8H2,1H3,(H,23,24). The van der Waals surface area contributed by atoms with Gasteiger partial charge in [-0.3, -0.25) is 0 Å². The van der Waals surface area contributed by atoms with Gasteiger partial charge in [0.1, 0.15) is 10.8 Å². The minimum atomic E-state index is -0.953. The van der Waals surface area contributed by atoms with Gasteiger partial charge in [-0.1, -0.05) is 29.3 Å². The summed E-state index contributed by atoms with van der Waals surface area (Å²) in [5, 5.41) is 13.4. The van der Waals surface area contributed by atoms with Crippen LogP contribution in [0.1, 0.15) is 28.8 Å². The largest absolute Gasteiger partial charge is 0.492 e. The summed E-state index contributed by atoms with van der Waals surface area (Å²) in [5.41, 5.74) is 1.74. The van der Waals surface area contributed by atoms with Crippen molar-refractivity contribution >= 4 is 50.8 Å². The molecule has 0 unspecified atom stereocenters. The van der Waals surface area contributed by atoms with Crippen molar-refractivity contribution in [2.45, 2.75) is 19.8 Å². The van der Waals surface area contributed by atoms with E-state index in [1.54, 1.807) is 24.3 Å². The molecule has 2 rings (SSSR count). The number of anilines is 1. The molecule has 0 aliphatic carbocycles. The second-order valence-corrected chi connectivity index (χ2v) is 7.15. The first-order valence-corrected chi connectivity index (χ1v) is 9.29. The number of carboxylic acids is 1. The van der Waals surface area contributed by atoms with Crippen LogP contribution in [0, 0.1) is 6.92 Å². The molecular weight excluding hydrogens is 429 g/mol. The zero-order valence-corrected chi connectivity index (χ0v) is 16.7. The van der Waals surface area contributed by atoms with Crippen molar-refractivity contribution in [3.63, 3.8) is 0 Å². The molecule has 2 N–H and O–H groups in total. The van der Waals surface area contributed by atoms with Crippen LogP contribution >= 0.6 is 39.1 Å². The number of halogens is 3. The summed E-state index contributed by atoms with van der Waals surface area (Å²) < 4.78 is 6.37. The molecule has 0 fully saturated rings. The van der Waals surface area contributed by atoms with Gasteiger partial charge in [0, 0.05) is 11.0 Å². The van der Waals surface area contributed by atoms with E-state index in [1.165, 1.54) is 0 Å². The molecule has 0 heterocycles. The molecule has 0 aliphatic rings. The third-order valence-corrected chi connectivity index (χ3v) is 4.94. The first kappa shape index (κ1) is 19.9. The van der Waals surface area contributed by atoms with Gasteiger partial charge in [-0.05, 0) is 65.5 Å². The van der Waals surface area contributed by atoms with E-state index in [0.717, 1.165) is 22.9 Å². The van der Waals surface area contributed by atoms with Gasteiger partial charge in [0.05, 0.1) is 22.9 Å². The molecule has 0 aliphatic heterocycles. The molecule has 0 radical (unpaired) electrons. The van der Waals surface area contributed by atoms with Crippen LogP contribution in [0.25, 0.3) is 0 Å². The number of nitrogens with one attached hydrogen (secondary N) is 1. The maximum atomic E-state index is 11.4. The Morgan fingerprint density at radius 3 is 2.76 bits per heavy atom. The Morgan fingerprint density at radius 2 is 2.04 bits per heavy atom. The van der Waals surface area contributed by atoms with Crippen molar-refractivity contribution in [1.29, 1.82) is 0 Å². The number of carboxylic acid groups (broad SMARTS) is 1. The number of benzene rings is 2. The number of carbonyl (C=O) groups is 1. The second kappa shape index (κ2) is 9.32. The van der Waals surface area contributed by atoms with Gasteiger partial charge in [-0.15, -0.1) is 0 Å². The van der Waals surface area contributed by atoms with E-state index in [0.29, 0.717) is 34.6 Å². The van der Waals surface area contributed by atoms with E-state index in [1.807, 2.05) is 13.0 Å². The Balaban J connectivity index is 1.82. The van der Waals surface area contributed by atoms with Crippen molar-refractivity contribution in [3.8, 4) is 5.75 Å². The topological polar surface area (TPSA) is 58.6 Å².